The summed E-state index contributed by atoms with van der Waals surface area (Å²) in [6.07, 6.45) is 5.83. The van der Waals surface area contributed by atoms with Gasteiger partial charge in [-0.2, -0.15) is 4.98 Å². The minimum atomic E-state index is -1.52. The van der Waals surface area contributed by atoms with Crippen molar-refractivity contribution in [3.05, 3.63) is 11.5 Å². The summed E-state index contributed by atoms with van der Waals surface area (Å²) in [6, 6.07) is 0.268. The highest BCUT2D eigenvalue weighted by atomic mass is 35.5. The lowest BCUT2D eigenvalue weighted by Gasteiger charge is -2.31. The van der Waals surface area contributed by atoms with E-state index in [2.05, 4.69) is 15.3 Å². The third-order valence-electron chi connectivity index (χ3n) is 3.73. The molecule has 0 atom stereocenters. The zero-order valence-electron chi connectivity index (χ0n) is 10.6. The van der Waals surface area contributed by atoms with Crippen molar-refractivity contribution >= 4 is 52.2 Å². The van der Waals surface area contributed by atoms with Crippen LogP contribution in [0.2, 0.25) is 5.28 Å². The normalized spacial score (nSPS) is 22.4. The number of carbonyl (C=O) groups is 1. The molecule has 1 N–H and O–H groups in total. The Balaban J connectivity index is 2.06. The van der Waals surface area contributed by atoms with E-state index >= 15 is 0 Å². The van der Waals surface area contributed by atoms with Crippen molar-refractivity contribution in [1.29, 1.82) is 0 Å². The third kappa shape index (κ3) is 2.54. The molecule has 1 aliphatic carbocycles. The molecule has 1 aliphatic heterocycles. The molecule has 5 nitrogen and oxygen atoms in total. The first-order chi connectivity index (χ1) is 9.47. The molecule has 1 amide bonds. The number of aromatic nitrogens is 2. The van der Waals surface area contributed by atoms with Gasteiger partial charge in [0, 0.05) is 6.04 Å². The van der Waals surface area contributed by atoms with Crippen molar-refractivity contribution < 1.29 is 4.79 Å². The molecule has 1 aromatic rings. The molecule has 0 bridgehead atoms. The second-order valence-corrected chi connectivity index (χ2v) is 6.92. The number of anilines is 2. The number of nitrogens with zero attached hydrogens (tertiary/aromatic N) is 3. The van der Waals surface area contributed by atoms with E-state index in [0.29, 0.717) is 11.5 Å². The fourth-order valence-electron chi connectivity index (χ4n) is 2.75. The van der Waals surface area contributed by atoms with E-state index in [1.165, 1.54) is 6.20 Å². The number of nitrogens with one attached hydrogen (secondary N) is 1. The van der Waals surface area contributed by atoms with Gasteiger partial charge in [-0.05, 0) is 24.4 Å². The van der Waals surface area contributed by atoms with E-state index in [1.54, 1.807) is 0 Å². The summed E-state index contributed by atoms with van der Waals surface area (Å²) < 4.78 is -1.52. The summed E-state index contributed by atoms with van der Waals surface area (Å²) in [5.41, 5.74) is 0.495. The summed E-state index contributed by atoms with van der Waals surface area (Å²) >= 11 is 18.2. The van der Waals surface area contributed by atoms with Crippen LogP contribution in [-0.2, 0) is 4.79 Å². The zero-order chi connectivity index (χ0) is 14.3. The van der Waals surface area contributed by atoms with Crippen LogP contribution in [0, 0.1) is 0 Å². The van der Waals surface area contributed by atoms with Crippen LogP contribution in [0.15, 0.2) is 6.20 Å². The smallest absolute Gasteiger partial charge is 0.262 e. The number of fused-ring (bicyclic) bond motifs is 1. The zero-order valence-corrected chi connectivity index (χ0v) is 12.8. The van der Waals surface area contributed by atoms with Gasteiger partial charge in [-0.1, -0.05) is 36.0 Å². The highest BCUT2D eigenvalue weighted by molar-refractivity contribution is 6.59. The number of amides is 1. The summed E-state index contributed by atoms with van der Waals surface area (Å²) in [6.45, 7) is 0.187. The van der Waals surface area contributed by atoms with Gasteiger partial charge in [0.2, 0.25) is 9.62 Å². The second-order valence-electron chi connectivity index (χ2n) is 5.10. The predicted molar refractivity (Wildman–Crippen MR) is 79.7 cm³/mol. The monoisotopic (exact) mass is 334 g/mol. The molecule has 1 fully saturated rings. The molecule has 20 heavy (non-hydrogen) atoms. The van der Waals surface area contributed by atoms with Gasteiger partial charge < -0.3 is 10.2 Å². The van der Waals surface area contributed by atoms with Gasteiger partial charge in [0.15, 0.2) is 5.82 Å². The van der Waals surface area contributed by atoms with E-state index in [1.807, 2.05) is 4.90 Å². The Kier molecular flexibility index (Phi) is 3.69. The quantitative estimate of drug-likeness (QED) is 0.633. The molecule has 2 aliphatic rings. The molecule has 0 saturated heterocycles. The molecule has 0 spiro atoms. The SMILES string of the molecule is O=C1Nc2cnc(Cl)nc2N(C2CCCC2)CC1(Cl)Cl. The molecule has 8 heteroatoms. The van der Waals surface area contributed by atoms with Crippen molar-refractivity contribution in [1.82, 2.24) is 9.97 Å². The van der Waals surface area contributed by atoms with Crippen molar-refractivity contribution in [2.45, 2.75) is 36.1 Å². The Bertz CT molecular complexity index is 546. The fraction of sp³-hybridized carbons (Fsp3) is 0.583. The van der Waals surface area contributed by atoms with Gasteiger partial charge >= 0.3 is 0 Å². The molecule has 2 heterocycles. The van der Waals surface area contributed by atoms with E-state index in [0.717, 1.165) is 25.7 Å². The fourth-order valence-corrected chi connectivity index (χ4v) is 3.23. The molecule has 3 rings (SSSR count). The number of halogens is 3. The second kappa shape index (κ2) is 5.20. The maximum absolute atomic E-state index is 12.1. The van der Waals surface area contributed by atoms with Gasteiger partial charge in [-0.25, -0.2) is 4.98 Å². The van der Waals surface area contributed by atoms with Crippen molar-refractivity contribution in [2.24, 2.45) is 0 Å². The van der Waals surface area contributed by atoms with Crippen LogP contribution in [0.3, 0.4) is 0 Å². The lowest BCUT2D eigenvalue weighted by Crippen LogP contribution is -2.45. The number of hydrogen-bond acceptors (Lipinski definition) is 4. The molecular weight excluding hydrogens is 323 g/mol. The van der Waals surface area contributed by atoms with Crippen LogP contribution in [0.4, 0.5) is 11.5 Å². The van der Waals surface area contributed by atoms with E-state index in [4.69, 9.17) is 34.8 Å². The Hall–Kier alpha value is -0.780. The predicted octanol–water partition coefficient (Wildman–Crippen LogP) is 3.01. The number of hydrogen-bond donors (Lipinski definition) is 1. The summed E-state index contributed by atoms with van der Waals surface area (Å²) in [4.78, 5) is 22.2. The van der Waals surface area contributed by atoms with E-state index in [-0.39, 0.29) is 17.9 Å². The highest BCUT2D eigenvalue weighted by Crippen LogP contribution is 2.38. The average molecular weight is 336 g/mol. The molecular formula is C12H13Cl3N4O. The molecule has 1 saturated carbocycles. The summed E-state index contributed by atoms with van der Waals surface area (Å²) in [7, 11) is 0. The maximum atomic E-state index is 12.1. The Labute approximate surface area is 131 Å². The van der Waals surface area contributed by atoms with Crippen molar-refractivity contribution in [3.8, 4) is 0 Å². The van der Waals surface area contributed by atoms with Crippen molar-refractivity contribution in [3.63, 3.8) is 0 Å². The largest absolute Gasteiger partial charge is 0.348 e. The first-order valence-electron chi connectivity index (χ1n) is 6.46. The third-order valence-corrected chi connectivity index (χ3v) is 4.49. The van der Waals surface area contributed by atoms with Gasteiger partial charge in [0.1, 0.15) is 5.69 Å². The summed E-state index contributed by atoms with van der Waals surface area (Å²) in [5, 5.41) is 2.80. The lowest BCUT2D eigenvalue weighted by molar-refractivity contribution is -0.116. The Morgan fingerprint density at radius 3 is 2.75 bits per heavy atom. The van der Waals surface area contributed by atoms with Gasteiger partial charge in [0.25, 0.3) is 5.91 Å². The number of carbonyl (C=O) groups excluding carboxylic acids is 1. The molecule has 108 valence electrons. The maximum Gasteiger partial charge on any atom is 0.262 e. The average Bonchev–Trinajstić information content (AvgIpc) is 2.89. The summed E-state index contributed by atoms with van der Waals surface area (Å²) in [5.74, 6) is 0.127. The molecule has 0 unspecified atom stereocenters. The van der Waals surface area contributed by atoms with Gasteiger partial charge in [0.05, 0.1) is 12.7 Å². The Morgan fingerprint density at radius 1 is 1.35 bits per heavy atom. The van der Waals surface area contributed by atoms with Crippen LogP contribution < -0.4 is 10.2 Å². The van der Waals surface area contributed by atoms with Gasteiger partial charge in [-0.15, -0.1) is 0 Å². The minimum absolute atomic E-state index is 0.137. The molecule has 0 aromatic carbocycles. The molecule has 1 aromatic heterocycles. The number of rotatable bonds is 1. The van der Waals surface area contributed by atoms with Crippen LogP contribution in [0.1, 0.15) is 25.7 Å². The number of alkyl halides is 2. The van der Waals surface area contributed by atoms with Crippen LogP contribution in [0.5, 0.6) is 0 Å². The lowest BCUT2D eigenvalue weighted by atomic mass is 10.2. The van der Waals surface area contributed by atoms with Gasteiger partial charge in [-0.3, -0.25) is 4.79 Å². The Morgan fingerprint density at radius 2 is 2.05 bits per heavy atom. The first-order valence-corrected chi connectivity index (χ1v) is 7.59. The van der Waals surface area contributed by atoms with Crippen molar-refractivity contribution in [2.75, 3.05) is 16.8 Å². The van der Waals surface area contributed by atoms with Crippen LogP contribution in [-0.4, -0.2) is 32.8 Å². The van der Waals surface area contributed by atoms with E-state index < -0.39 is 10.2 Å². The minimum Gasteiger partial charge on any atom is -0.348 e. The highest BCUT2D eigenvalue weighted by Gasteiger charge is 2.42. The standard InChI is InChI=1S/C12H13Cl3N4O/c13-11-16-5-8-9(18-11)19(7-3-1-2-4-7)6-12(14,15)10(20)17-8/h5,7H,1-4,6H2,(H,17,20). The van der Waals surface area contributed by atoms with E-state index in [9.17, 15) is 4.79 Å². The molecule has 0 radical (unpaired) electrons. The first kappa shape index (κ1) is 14.2. The van der Waals surface area contributed by atoms with Crippen LogP contribution in [0.25, 0.3) is 0 Å². The van der Waals surface area contributed by atoms with Crippen LogP contribution >= 0.6 is 34.8 Å². The topological polar surface area (TPSA) is 58.1 Å².